The summed E-state index contributed by atoms with van der Waals surface area (Å²) in [6.45, 7) is 3.59. The van der Waals surface area contributed by atoms with Crippen molar-refractivity contribution in [1.82, 2.24) is 10.6 Å². The molecule has 1 aliphatic rings. The first-order valence-corrected chi connectivity index (χ1v) is 4.47. The maximum Gasteiger partial charge on any atom is 0.250 e. The summed E-state index contributed by atoms with van der Waals surface area (Å²) in [6.07, 6.45) is -0.414. The van der Waals surface area contributed by atoms with E-state index in [1.165, 1.54) is 0 Å². The topological polar surface area (TPSA) is 70.6 Å². The first kappa shape index (κ1) is 10.4. The number of morpholine rings is 1. The van der Waals surface area contributed by atoms with Crippen LogP contribution in [-0.4, -0.2) is 49.5 Å². The molecule has 0 aromatic rings. The van der Waals surface area contributed by atoms with E-state index in [-0.39, 0.29) is 18.6 Å². The van der Waals surface area contributed by atoms with Gasteiger partial charge in [-0.15, -0.1) is 0 Å². The molecule has 5 heteroatoms. The Morgan fingerprint density at radius 3 is 3.15 bits per heavy atom. The maximum atomic E-state index is 11.4. The molecule has 76 valence electrons. The molecule has 13 heavy (non-hydrogen) atoms. The number of ether oxygens (including phenoxy) is 1. The molecule has 5 nitrogen and oxygen atoms in total. The molecule has 0 aliphatic carbocycles. The summed E-state index contributed by atoms with van der Waals surface area (Å²) in [4.78, 5) is 11.4. The fraction of sp³-hybridized carbons (Fsp3) is 0.875. The van der Waals surface area contributed by atoms with E-state index < -0.39 is 6.10 Å². The molecule has 1 amide bonds. The van der Waals surface area contributed by atoms with E-state index in [1.54, 1.807) is 6.92 Å². The van der Waals surface area contributed by atoms with E-state index in [0.29, 0.717) is 13.2 Å². The number of aliphatic hydroxyl groups excluding tert-OH is 1. The third-order valence-electron chi connectivity index (χ3n) is 1.88. The Balaban J connectivity index is 2.29. The molecular weight excluding hydrogens is 172 g/mol. The molecular formula is C8H16N2O3. The zero-order valence-electron chi connectivity index (χ0n) is 7.75. The van der Waals surface area contributed by atoms with Crippen molar-refractivity contribution in [3.8, 4) is 0 Å². The Kier molecular flexibility index (Phi) is 4.14. The summed E-state index contributed by atoms with van der Waals surface area (Å²) in [5.41, 5.74) is 0. The molecule has 3 N–H and O–H groups in total. The number of amides is 1. The van der Waals surface area contributed by atoms with Gasteiger partial charge in [0.05, 0.1) is 13.2 Å². The molecule has 1 fully saturated rings. The minimum absolute atomic E-state index is 0.0497. The van der Waals surface area contributed by atoms with Crippen molar-refractivity contribution in [3.05, 3.63) is 0 Å². The van der Waals surface area contributed by atoms with E-state index in [0.717, 1.165) is 6.54 Å². The number of hydrogen-bond donors (Lipinski definition) is 3. The highest BCUT2D eigenvalue weighted by atomic mass is 16.5. The fourth-order valence-corrected chi connectivity index (χ4v) is 1.12. The normalized spacial score (nSPS) is 25.2. The van der Waals surface area contributed by atoms with Gasteiger partial charge >= 0.3 is 0 Å². The van der Waals surface area contributed by atoms with Crippen molar-refractivity contribution >= 4 is 5.91 Å². The van der Waals surface area contributed by atoms with E-state index >= 15 is 0 Å². The molecule has 1 saturated heterocycles. The number of carbonyl (C=O) groups is 1. The van der Waals surface area contributed by atoms with Gasteiger partial charge in [0.15, 0.2) is 0 Å². The van der Waals surface area contributed by atoms with Gasteiger partial charge in [-0.1, -0.05) is 0 Å². The van der Waals surface area contributed by atoms with Gasteiger partial charge in [0.1, 0.15) is 6.10 Å². The van der Waals surface area contributed by atoms with Crippen LogP contribution in [0.5, 0.6) is 0 Å². The van der Waals surface area contributed by atoms with Crippen LogP contribution < -0.4 is 10.6 Å². The van der Waals surface area contributed by atoms with E-state index in [1.807, 2.05) is 0 Å². The molecule has 0 saturated carbocycles. The highest BCUT2D eigenvalue weighted by molar-refractivity contribution is 5.81. The van der Waals surface area contributed by atoms with Crippen molar-refractivity contribution in [1.29, 1.82) is 0 Å². The highest BCUT2D eigenvalue weighted by Crippen LogP contribution is 1.96. The van der Waals surface area contributed by atoms with Gasteiger partial charge < -0.3 is 20.5 Å². The Hall–Kier alpha value is -0.650. The number of aliphatic hydroxyl groups is 1. The Morgan fingerprint density at radius 1 is 1.85 bits per heavy atom. The van der Waals surface area contributed by atoms with Gasteiger partial charge in [0.2, 0.25) is 0 Å². The average Bonchev–Trinajstić information content (AvgIpc) is 2.19. The lowest BCUT2D eigenvalue weighted by Gasteiger charge is -2.23. The van der Waals surface area contributed by atoms with E-state index in [4.69, 9.17) is 9.84 Å². The second-order valence-corrected chi connectivity index (χ2v) is 3.16. The summed E-state index contributed by atoms with van der Waals surface area (Å²) in [6, 6.07) is -0.210. The van der Waals surface area contributed by atoms with Gasteiger partial charge in [-0.3, -0.25) is 4.79 Å². The minimum Gasteiger partial charge on any atom is -0.394 e. The molecule has 0 radical (unpaired) electrons. The van der Waals surface area contributed by atoms with Gasteiger partial charge in [-0.25, -0.2) is 0 Å². The first-order chi connectivity index (χ1) is 6.24. The average molecular weight is 188 g/mol. The monoisotopic (exact) mass is 188 g/mol. The lowest BCUT2D eigenvalue weighted by atomic mass is 10.2. The van der Waals surface area contributed by atoms with Crippen molar-refractivity contribution in [2.75, 3.05) is 26.3 Å². The summed E-state index contributed by atoms with van der Waals surface area (Å²) < 4.78 is 5.23. The minimum atomic E-state index is -0.414. The number of rotatable bonds is 3. The van der Waals surface area contributed by atoms with Crippen LogP contribution >= 0.6 is 0 Å². The van der Waals surface area contributed by atoms with Crippen LogP contribution in [0.2, 0.25) is 0 Å². The second kappa shape index (κ2) is 5.16. The molecule has 0 bridgehead atoms. The van der Waals surface area contributed by atoms with Gasteiger partial charge in [0.25, 0.3) is 5.91 Å². The van der Waals surface area contributed by atoms with Gasteiger partial charge in [0, 0.05) is 19.1 Å². The molecule has 0 aromatic heterocycles. The van der Waals surface area contributed by atoms with Crippen LogP contribution in [0.3, 0.4) is 0 Å². The number of hydrogen-bond acceptors (Lipinski definition) is 4. The summed E-state index contributed by atoms with van der Waals surface area (Å²) in [7, 11) is 0. The first-order valence-electron chi connectivity index (χ1n) is 4.47. The summed E-state index contributed by atoms with van der Waals surface area (Å²) in [5.74, 6) is -0.159. The fourth-order valence-electron chi connectivity index (χ4n) is 1.12. The smallest absolute Gasteiger partial charge is 0.250 e. The van der Waals surface area contributed by atoms with Crippen LogP contribution in [0, 0.1) is 0 Å². The highest BCUT2D eigenvalue weighted by Gasteiger charge is 2.22. The quantitative estimate of drug-likeness (QED) is 0.502. The summed E-state index contributed by atoms with van der Waals surface area (Å²) in [5, 5.41) is 14.4. The Labute approximate surface area is 77.5 Å². The third-order valence-corrected chi connectivity index (χ3v) is 1.88. The SMILES string of the molecule is C[C@@H](CO)NC(=O)C1CNCCO1. The largest absolute Gasteiger partial charge is 0.394 e. The van der Waals surface area contributed by atoms with Crippen molar-refractivity contribution in [2.24, 2.45) is 0 Å². The zero-order valence-corrected chi connectivity index (χ0v) is 7.75. The molecule has 0 aromatic carbocycles. The molecule has 1 rings (SSSR count). The number of nitrogens with one attached hydrogen (secondary N) is 2. The second-order valence-electron chi connectivity index (χ2n) is 3.16. The molecule has 0 spiro atoms. The predicted molar refractivity (Wildman–Crippen MR) is 47.3 cm³/mol. The van der Waals surface area contributed by atoms with E-state index in [2.05, 4.69) is 10.6 Å². The lowest BCUT2D eigenvalue weighted by Crippen LogP contribution is -2.50. The standard InChI is InChI=1S/C8H16N2O3/c1-6(5-11)10-8(12)7-4-9-2-3-13-7/h6-7,9,11H,2-5H2,1H3,(H,10,12)/t6-,7?/m0/s1. The number of carbonyl (C=O) groups excluding carboxylic acids is 1. The van der Waals surface area contributed by atoms with Gasteiger partial charge in [-0.2, -0.15) is 0 Å². The third kappa shape index (κ3) is 3.30. The van der Waals surface area contributed by atoms with E-state index in [9.17, 15) is 4.79 Å². The summed E-state index contributed by atoms with van der Waals surface area (Å²) >= 11 is 0. The molecule has 1 heterocycles. The molecule has 1 aliphatic heterocycles. The lowest BCUT2D eigenvalue weighted by molar-refractivity contribution is -0.135. The maximum absolute atomic E-state index is 11.4. The van der Waals surface area contributed by atoms with Crippen LogP contribution in [0.4, 0.5) is 0 Å². The van der Waals surface area contributed by atoms with Gasteiger partial charge in [-0.05, 0) is 6.92 Å². The van der Waals surface area contributed by atoms with Crippen LogP contribution in [0.15, 0.2) is 0 Å². The van der Waals surface area contributed by atoms with Crippen molar-refractivity contribution < 1.29 is 14.6 Å². The molecule has 1 unspecified atom stereocenters. The molecule has 2 atom stereocenters. The van der Waals surface area contributed by atoms with Crippen LogP contribution in [0.25, 0.3) is 0 Å². The predicted octanol–water partition coefficient (Wildman–Crippen LogP) is -1.53. The van der Waals surface area contributed by atoms with Crippen LogP contribution in [-0.2, 0) is 9.53 Å². The zero-order chi connectivity index (χ0) is 9.68. The van der Waals surface area contributed by atoms with Crippen molar-refractivity contribution in [2.45, 2.75) is 19.1 Å². The van der Waals surface area contributed by atoms with Crippen LogP contribution in [0.1, 0.15) is 6.92 Å². The Morgan fingerprint density at radius 2 is 2.62 bits per heavy atom. The Bertz CT molecular complexity index is 169. The van der Waals surface area contributed by atoms with Crippen molar-refractivity contribution in [3.63, 3.8) is 0 Å².